The molecular weight excluding hydrogens is 250 g/mol. The topological polar surface area (TPSA) is 42.4 Å². The van der Waals surface area contributed by atoms with Gasteiger partial charge < -0.3 is 9.84 Å². The monoisotopic (exact) mass is 271 g/mol. The summed E-state index contributed by atoms with van der Waals surface area (Å²) >= 11 is 0. The van der Waals surface area contributed by atoms with Crippen LogP contribution in [0.3, 0.4) is 0 Å². The molecule has 1 aromatic carbocycles. The van der Waals surface area contributed by atoms with Crippen molar-refractivity contribution in [3.8, 4) is 0 Å². The molecule has 3 heteroatoms. The zero-order chi connectivity index (χ0) is 14.2. The molecule has 3 nitrogen and oxygen atoms in total. The number of pyridine rings is 1. The highest BCUT2D eigenvalue weighted by molar-refractivity contribution is 5.85. The maximum Gasteiger partial charge on any atom is 0.0951 e. The Kier molecular flexibility index (Phi) is 3.27. The molecule has 106 valence electrons. The fourth-order valence-corrected chi connectivity index (χ4v) is 3.21. The Hall–Kier alpha value is -1.45. The molecule has 0 saturated carbocycles. The summed E-state index contributed by atoms with van der Waals surface area (Å²) in [7, 11) is 0. The highest BCUT2D eigenvalue weighted by atomic mass is 16.5. The average molecular weight is 271 g/mol. The fraction of sp³-hybridized carbons (Fsp3) is 0.471. The lowest BCUT2D eigenvalue weighted by molar-refractivity contribution is -0.157. The molecule has 2 unspecified atom stereocenters. The Labute approximate surface area is 119 Å². The quantitative estimate of drug-likeness (QED) is 0.910. The van der Waals surface area contributed by atoms with E-state index in [4.69, 9.17) is 4.74 Å². The van der Waals surface area contributed by atoms with Crippen molar-refractivity contribution in [2.24, 2.45) is 0 Å². The molecule has 0 aliphatic carbocycles. The van der Waals surface area contributed by atoms with Crippen LogP contribution in [0.15, 0.2) is 36.7 Å². The van der Waals surface area contributed by atoms with Crippen molar-refractivity contribution in [1.82, 2.24) is 4.98 Å². The molecule has 3 rings (SSSR count). The van der Waals surface area contributed by atoms with Crippen LogP contribution in [0.2, 0.25) is 0 Å². The summed E-state index contributed by atoms with van der Waals surface area (Å²) in [5.74, 6) is 0. The van der Waals surface area contributed by atoms with Crippen LogP contribution in [0, 0.1) is 0 Å². The first-order chi connectivity index (χ1) is 9.56. The molecule has 20 heavy (non-hydrogen) atoms. The molecule has 1 fully saturated rings. The van der Waals surface area contributed by atoms with E-state index in [1.165, 1.54) is 0 Å². The van der Waals surface area contributed by atoms with Crippen LogP contribution in [0.1, 0.15) is 38.7 Å². The van der Waals surface area contributed by atoms with Crippen LogP contribution in [0.5, 0.6) is 0 Å². The lowest BCUT2D eigenvalue weighted by Gasteiger charge is -2.43. The van der Waals surface area contributed by atoms with Gasteiger partial charge in [-0.1, -0.05) is 25.1 Å². The highest BCUT2D eigenvalue weighted by Crippen LogP contribution is 2.42. The minimum Gasteiger partial charge on any atom is -0.385 e. The van der Waals surface area contributed by atoms with E-state index in [0.29, 0.717) is 19.4 Å². The van der Waals surface area contributed by atoms with E-state index in [9.17, 15) is 5.11 Å². The Morgan fingerprint density at radius 1 is 1.35 bits per heavy atom. The van der Waals surface area contributed by atoms with Crippen LogP contribution in [-0.2, 0) is 10.3 Å². The van der Waals surface area contributed by atoms with E-state index < -0.39 is 5.60 Å². The van der Waals surface area contributed by atoms with Crippen molar-refractivity contribution in [3.63, 3.8) is 0 Å². The molecule has 2 aromatic rings. The number of benzene rings is 1. The van der Waals surface area contributed by atoms with Gasteiger partial charge in [-0.2, -0.15) is 0 Å². The smallest absolute Gasteiger partial charge is 0.0951 e. The first kappa shape index (κ1) is 13.5. The summed E-state index contributed by atoms with van der Waals surface area (Å²) in [6.07, 6.45) is 5.82. The molecule has 0 radical (unpaired) electrons. The first-order valence-electron chi connectivity index (χ1n) is 7.26. The molecular formula is C17H21NO2. The summed E-state index contributed by atoms with van der Waals surface area (Å²) < 4.78 is 5.87. The summed E-state index contributed by atoms with van der Waals surface area (Å²) in [6, 6.07) is 8.05. The van der Waals surface area contributed by atoms with Gasteiger partial charge in [0.15, 0.2) is 0 Å². The molecule has 1 N–H and O–H groups in total. The van der Waals surface area contributed by atoms with Gasteiger partial charge in [0.2, 0.25) is 0 Å². The zero-order valence-electron chi connectivity index (χ0n) is 12.1. The SMILES string of the molecule is CCC1(C)CC(O)(c2cccc3cnccc23)CCO1. The molecule has 1 saturated heterocycles. The molecule has 1 aliphatic heterocycles. The van der Waals surface area contributed by atoms with E-state index in [0.717, 1.165) is 22.8 Å². The third kappa shape index (κ3) is 2.21. The number of aromatic nitrogens is 1. The summed E-state index contributed by atoms with van der Waals surface area (Å²) in [6.45, 7) is 4.80. The first-order valence-corrected chi connectivity index (χ1v) is 7.26. The average Bonchev–Trinajstić information content (AvgIpc) is 2.46. The van der Waals surface area contributed by atoms with E-state index >= 15 is 0 Å². The van der Waals surface area contributed by atoms with Crippen molar-refractivity contribution in [3.05, 3.63) is 42.2 Å². The minimum absolute atomic E-state index is 0.248. The van der Waals surface area contributed by atoms with Crippen LogP contribution < -0.4 is 0 Å². The van der Waals surface area contributed by atoms with Crippen molar-refractivity contribution in [2.75, 3.05) is 6.61 Å². The predicted octanol–water partition coefficient (Wildman–Crippen LogP) is 3.40. The van der Waals surface area contributed by atoms with Crippen LogP contribution in [0.25, 0.3) is 10.8 Å². The number of ether oxygens (including phenoxy) is 1. The Morgan fingerprint density at radius 3 is 3.00 bits per heavy atom. The largest absolute Gasteiger partial charge is 0.385 e. The molecule has 0 bridgehead atoms. The Bertz CT molecular complexity index is 622. The second-order valence-corrected chi connectivity index (χ2v) is 6.01. The molecule has 1 aromatic heterocycles. The highest BCUT2D eigenvalue weighted by Gasteiger charge is 2.42. The predicted molar refractivity (Wildman–Crippen MR) is 79.5 cm³/mol. The number of hydrogen-bond acceptors (Lipinski definition) is 3. The number of fused-ring (bicyclic) bond motifs is 1. The maximum atomic E-state index is 11.2. The van der Waals surface area contributed by atoms with Gasteiger partial charge in [0, 0.05) is 30.6 Å². The van der Waals surface area contributed by atoms with E-state index in [1.54, 1.807) is 6.20 Å². The number of aliphatic hydroxyl groups is 1. The fourth-order valence-electron chi connectivity index (χ4n) is 3.21. The summed E-state index contributed by atoms with van der Waals surface area (Å²) in [5, 5.41) is 13.4. The van der Waals surface area contributed by atoms with Gasteiger partial charge in [0.1, 0.15) is 0 Å². The standard InChI is InChI=1S/C17H21NO2/c1-3-16(2)12-17(19,8-10-20-16)15-6-4-5-13-11-18-9-7-14(13)15/h4-7,9,11,19H,3,8,10,12H2,1-2H3. The molecule has 0 spiro atoms. The zero-order valence-corrected chi connectivity index (χ0v) is 12.1. The third-order valence-electron chi connectivity index (χ3n) is 4.56. The molecule has 2 atom stereocenters. The van der Waals surface area contributed by atoms with Crippen molar-refractivity contribution < 1.29 is 9.84 Å². The van der Waals surface area contributed by atoms with E-state index in [-0.39, 0.29) is 5.60 Å². The Balaban J connectivity index is 2.09. The van der Waals surface area contributed by atoms with Gasteiger partial charge in [-0.15, -0.1) is 0 Å². The van der Waals surface area contributed by atoms with E-state index in [2.05, 4.69) is 18.8 Å². The third-order valence-corrected chi connectivity index (χ3v) is 4.56. The van der Waals surface area contributed by atoms with Crippen molar-refractivity contribution in [2.45, 2.75) is 44.3 Å². The minimum atomic E-state index is -0.816. The maximum absolute atomic E-state index is 11.2. The van der Waals surface area contributed by atoms with Crippen LogP contribution in [-0.4, -0.2) is 22.3 Å². The number of nitrogens with zero attached hydrogens (tertiary/aromatic N) is 1. The van der Waals surface area contributed by atoms with Gasteiger partial charge in [-0.3, -0.25) is 4.98 Å². The van der Waals surface area contributed by atoms with Crippen molar-refractivity contribution in [1.29, 1.82) is 0 Å². The second-order valence-electron chi connectivity index (χ2n) is 6.01. The van der Waals surface area contributed by atoms with Gasteiger partial charge in [0.25, 0.3) is 0 Å². The van der Waals surface area contributed by atoms with Gasteiger partial charge in [0.05, 0.1) is 17.8 Å². The summed E-state index contributed by atoms with van der Waals surface area (Å²) in [4.78, 5) is 4.16. The number of hydrogen-bond donors (Lipinski definition) is 1. The van der Waals surface area contributed by atoms with Crippen LogP contribution >= 0.6 is 0 Å². The lowest BCUT2D eigenvalue weighted by Crippen LogP contribution is -2.45. The molecule has 2 heterocycles. The van der Waals surface area contributed by atoms with Gasteiger partial charge in [-0.05, 0) is 30.4 Å². The molecule has 1 aliphatic rings. The van der Waals surface area contributed by atoms with Gasteiger partial charge >= 0.3 is 0 Å². The normalized spacial score (nSPS) is 30.6. The lowest BCUT2D eigenvalue weighted by atomic mass is 9.76. The molecule has 0 amide bonds. The Morgan fingerprint density at radius 2 is 2.20 bits per heavy atom. The second kappa shape index (κ2) is 4.83. The van der Waals surface area contributed by atoms with Gasteiger partial charge in [-0.25, -0.2) is 0 Å². The summed E-state index contributed by atoms with van der Waals surface area (Å²) in [5.41, 5.74) is -0.0631. The van der Waals surface area contributed by atoms with Crippen molar-refractivity contribution >= 4 is 10.8 Å². The van der Waals surface area contributed by atoms with E-state index in [1.807, 2.05) is 30.5 Å². The number of rotatable bonds is 2. The van der Waals surface area contributed by atoms with Crippen LogP contribution in [0.4, 0.5) is 0 Å².